The molecule has 8 nitrogen and oxygen atoms in total. The topological polar surface area (TPSA) is 125 Å². The maximum atomic E-state index is 11.6. The predicted octanol–water partition coefficient (Wildman–Crippen LogP) is 3.51. The zero-order valence-electron chi connectivity index (χ0n) is 12.4. The van der Waals surface area contributed by atoms with Gasteiger partial charge in [0.15, 0.2) is 11.3 Å². The number of aromatic amines is 2. The number of hydrogen-bond acceptors (Lipinski definition) is 6. The van der Waals surface area contributed by atoms with Crippen molar-refractivity contribution in [3.8, 4) is 11.5 Å². The number of hydrogen-bond donors (Lipinski definition) is 3. The standard InChI is InChI=1S/C16H12N6O2/c17-14-13(15(23)22-21-14)20-19-10-6-2-1-5-9(10)16-18-11-7-3-4-8-12(11)24-16/h1-8H,(H4,17,21,22,23). The summed E-state index contributed by atoms with van der Waals surface area (Å²) in [5.41, 5.74) is 7.86. The Morgan fingerprint density at radius 2 is 1.79 bits per heavy atom. The van der Waals surface area contributed by atoms with Crippen LogP contribution in [0.5, 0.6) is 0 Å². The maximum Gasteiger partial charge on any atom is 0.293 e. The van der Waals surface area contributed by atoms with Gasteiger partial charge in [0.2, 0.25) is 5.89 Å². The highest BCUT2D eigenvalue weighted by molar-refractivity contribution is 5.79. The lowest BCUT2D eigenvalue weighted by molar-refractivity contribution is 0.620. The molecule has 2 aromatic carbocycles. The van der Waals surface area contributed by atoms with E-state index in [4.69, 9.17) is 10.2 Å². The van der Waals surface area contributed by atoms with Gasteiger partial charge in [0, 0.05) is 0 Å². The molecule has 4 N–H and O–H groups in total. The van der Waals surface area contributed by atoms with Crippen molar-refractivity contribution in [3.63, 3.8) is 0 Å². The number of nitrogens with zero attached hydrogens (tertiary/aromatic N) is 3. The summed E-state index contributed by atoms with van der Waals surface area (Å²) in [6.45, 7) is 0. The van der Waals surface area contributed by atoms with Crippen molar-refractivity contribution in [2.75, 3.05) is 5.73 Å². The Labute approximate surface area is 135 Å². The highest BCUT2D eigenvalue weighted by Gasteiger charge is 2.12. The van der Waals surface area contributed by atoms with Crippen LogP contribution < -0.4 is 11.3 Å². The fourth-order valence-electron chi connectivity index (χ4n) is 2.30. The van der Waals surface area contributed by atoms with E-state index in [0.29, 0.717) is 22.7 Å². The van der Waals surface area contributed by atoms with Gasteiger partial charge in [-0.25, -0.2) is 4.98 Å². The van der Waals surface area contributed by atoms with E-state index in [1.165, 1.54) is 0 Å². The van der Waals surface area contributed by atoms with E-state index < -0.39 is 5.56 Å². The normalized spacial score (nSPS) is 11.5. The number of aromatic nitrogens is 3. The van der Waals surface area contributed by atoms with Gasteiger partial charge in [-0.3, -0.25) is 15.0 Å². The van der Waals surface area contributed by atoms with Gasteiger partial charge >= 0.3 is 0 Å². The third kappa shape index (κ3) is 2.35. The summed E-state index contributed by atoms with van der Waals surface area (Å²) < 4.78 is 5.77. The number of nitrogens with two attached hydrogens (primary N) is 1. The summed E-state index contributed by atoms with van der Waals surface area (Å²) >= 11 is 0. The number of para-hydroxylation sites is 2. The Balaban J connectivity index is 1.79. The molecular formula is C16H12N6O2. The predicted molar refractivity (Wildman–Crippen MR) is 89.4 cm³/mol. The zero-order valence-corrected chi connectivity index (χ0v) is 12.4. The Bertz CT molecular complexity index is 1070. The second-order valence-corrected chi connectivity index (χ2v) is 5.05. The second-order valence-electron chi connectivity index (χ2n) is 5.05. The highest BCUT2D eigenvalue weighted by atomic mass is 16.3. The van der Waals surface area contributed by atoms with E-state index in [0.717, 1.165) is 5.52 Å². The first kappa shape index (κ1) is 13.9. The Hall–Kier alpha value is -3.68. The Morgan fingerprint density at radius 3 is 2.58 bits per heavy atom. The van der Waals surface area contributed by atoms with E-state index in [2.05, 4.69) is 25.4 Å². The van der Waals surface area contributed by atoms with Crippen LogP contribution in [0.1, 0.15) is 0 Å². The second kappa shape index (κ2) is 5.51. The molecule has 0 saturated heterocycles. The van der Waals surface area contributed by atoms with Crippen LogP contribution in [0.3, 0.4) is 0 Å². The summed E-state index contributed by atoms with van der Waals surface area (Å²) in [4.78, 5) is 16.0. The van der Waals surface area contributed by atoms with Crippen LogP contribution in [0.15, 0.2) is 68.0 Å². The molecule has 0 aliphatic carbocycles. The number of azo groups is 1. The summed E-state index contributed by atoms with van der Waals surface area (Å²) in [5, 5.41) is 12.9. The monoisotopic (exact) mass is 320 g/mol. The summed E-state index contributed by atoms with van der Waals surface area (Å²) in [7, 11) is 0. The molecule has 0 amide bonds. The van der Waals surface area contributed by atoms with Gasteiger partial charge in [-0.2, -0.15) is 0 Å². The molecule has 24 heavy (non-hydrogen) atoms. The Kier molecular flexibility index (Phi) is 3.20. The molecule has 2 aromatic heterocycles. The number of rotatable bonds is 3. The highest BCUT2D eigenvalue weighted by Crippen LogP contribution is 2.32. The minimum atomic E-state index is -0.435. The van der Waals surface area contributed by atoms with Gasteiger partial charge in [0.1, 0.15) is 11.3 Å². The molecule has 0 bridgehead atoms. The van der Waals surface area contributed by atoms with Crippen molar-refractivity contribution in [2.45, 2.75) is 0 Å². The van der Waals surface area contributed by atoms with Crippen LogP contribution in [0, 0.1) is 0 Å². The van der Waals surface area contributed by atoms with Crippen molar-refractivity contribution in [1.29, 1.82) is 0 Å². The lowest BCUT2D eigenvalue weighted by atomic mass is 10.2. The molecule has 0 aliphatic heterocycles. The first-order valence-electron chi connectivity index (χ1n) is 7.15. The summed E-state index contributed by atoms with van der Waals surface area (Å²) in [5.74, 6) is 0.560. The van der Waals surface area contributed by atoms with Gasteiger partial charge in [-0.05, 0) is 24.3 Å². The van der Waals surface area contributed by atoms with E-state index in [1.54, 1.807) is 6.07 Å². The molecule has 0 spiro atoms. The molecule has 0 aliphatic rings. The molecular weight excluding hydrogens is 308 g/mol. The number of benzene rings is 2. The van der Waals surface area contributed by atoms with Crippen LogP contribution in [0.2, 0.25) is 0 Å². The maximum absolute atomic E-state index is 11.6. The molecule has 4 rings (SSSR count). The first-order valence-corrected chi connectivity index (χ1v) is 7.15. The number of fused-ring (bicyclic) bond motifs is 1. The fraction of sp³-hybridized carbons (Fsp3) is 0. The van der Waals surface area contributed by atoms with Gasteiger partial charge < -0.3 is 10.2 Å². The third-order valence-electron chi connectivity index (χ3n) is 3.47. The lowest BCUT2D eigenvalue weighted by Gasteiger charge is -1.99. The number of H-pyrrole nitrogens is 2. The van der Waals surface area contributed by atoms with Crippen LogP contribution in [0.4, 0.5) is 17.2 Å². The number of nitrogen functional groups attached to an aromatic ring is 1. The molecule has 0 atom stereocenters. The lowest BCUT2D eigenvalue weighted by Crippen LogP contribution is -1.96. The van der Waals surface area contributed by atoms with E-state index >= 15 is 0 Å². The van der Waals surface area contributed by atoms with Crippen LogP contribution in [0.25, 0.3) is 22.6 Å². The van der Waals surface area contributed by atoms with Crippen LogP contribution in [-0.2, 0) is 0 Å². The number of nitrogens with one attached hydrogen (secondary N) is 2. The molecule has 2 heterocycles. The van der Waals surface area contributed by atoms with E-state index in [1.807, 2.05) is 42.5 Å². The minimum absolute atomic E-state index is 0.0300. The van der Waals surface area contributed by atoms with E-state index in [-0.39, 0.29) is 11.5 Å². The summed E-state index contributed by atoms with van der Waals surface area (Å²) in [6, 6.07) is 14.7. The van der Waals surface area contributed by atoms with Crippen molar-refractivity contribution in [2.24, 2.45) is 10.2 Å². The molecule has 4 aromatic rings. The Morgan fingerprint density at radius 1 is 1.00 bits per heavy atom. The molecule has 8 heteroatoms. The van der Waals surface area contributed by atoms with Crippen LogP contribution in [-0.4, -0.2) is 15.2 Å². The van der Waals surface area contributed by atoms with Gasteiger partial charge in [-0.15, -0.1) is 10.2 Å². The summed E-state index contributed by atoms with van der Waals surface area (Å²) in [6.07, 6.45) is 0. The van der Waals surface area contributed by atoms with Gasteiger partial charge in [-0.1, -0.05) is 24.3 Å². The first-order chi connectivity index (χ1) is 11.7. The van der Waals surface area contributed by atoms with Crippen molar-refractivity contribution in [1.82, 2.24) is 15.2 Å². The smallest absolute Gasteiger partial charge is 0.293 e. The van der Waals surface area contributed by atoms with Crippen molar-refractivity contribution < 1.29 is 4.42 Å². The number of anilines is 1. The fourth-order valence-corrected chi connectivity index (χ4v) is 2.30. The third-order valence-corrected chi connectivity index (χ3v) is 3.47. The largest absolute Gasteiger partial charge is 0.436 e. The quantitative estimate of drug-likeness (QED) is 0.499. The average Bonchev–Trinajstić information content (AvgIpc) is 3.17. The zero-order chi connectivity index (χ0) is 16.5. The SMILES string of the molecule is Nc1[nH][nH]c(=O)c1N=Nc1ccccc1-c1nc2ccccc2o1. The van der Waals surface area contributed by atoms with E-state index in [9.17, 15) is 4.79 Å². The molecule has 0 radical (unpaired) electrons. The molecule has 0 fully saturated rings. The molecule has 0 saturated carbocycles. The van der Waals surface area contributed by atoms with Gasteiger partial charge in [0.05, 0.1) is 11.3 Å². The minimum Gasteiger partial charge on any atom is -0.436 e. The molecule has 118 valence electrons. The molecule has 0 unspecified atom stereocenters. The average molecular weight is 320 g/mol. The van der Waals surface area contributed by atoms with Crippen LogP contribution >= 0.6 is 0 Å². The van der Waals surface area contributed by atoms with Crippen molar-refractivity contribution in [3.05, 3.63) is 58.9 Å². The van der Waals surface area contributed by atoms with Gasteiger partial charge in [0.25, 0.3) is 5.56 Å². The van der Waals surface area contributed by atoms with Crippen molar-refractivity contribution >= 4 is 28.3 Å². The number of oxazole rings is 1.